The molecule has 0 fully saturated rings. The molecular weight excluding hydrogens is 555 g/mol. The Labute approximate surface area is 268 Å². The summed E-state index contributed by atoms with van der Waals surface area (Å²) in [5, 5.41) is 9.79. The SMILES string of the molecule is c1ccc(-c2ccc3cc(-c4c5ccccc5c(-c5ccc6cc(-c7ccccc7)ccc6c5)c5cnccc45)ccc3c2)cc1. The smallest absolute Gasteiger partial charge is 0.0353 e. The average Bonchev–Trinajstić information content (AvgIpc) is 3.13. The topological polar surface area (TPSA) is 12.9 Å². The first-order valence-electron chi connectivity index (χ1n) is 15.8. The molecule has 0 atom stereocenters. The molecule has 0 spiro atoms. The molecule has 1 aromatic heterocycles. The summed E-state index contributed by atoms with van der Waals surface area (Å²) in [5.74, 6) is 0. The lowest BCUT2D eigenvalue weighted by molar-refractivity contribution is 1.37. The lowest BCUT2D eigenvalue weighted by atomic mass is 9.85. The van der Waals surface area contributed by atoms with E-state index in [2.05, 4.69) is 169 Å². The van der Waals surface area contributed by atoms with E-state index in [0.29, 0.717) is 0 Å². The van der Waals surface area contributed by atoms with E-state index in [9.17, 15) is 0 Å². The predicted molar refractivity (Wildman–Crippen MR) is 196 cm³/mol. The van der Waals surface area contributed by atoms with E-state index in [1.165, 1.54) is 82.2 Å². The van der Waals surface area contributed by atoms with E-state index in [1.807, 2.05) is 12.4 Å². The van der Waals surface area contributed by atoms with Gasteiger partial charge in [0.2, 0.25) is 0 Å². The van der Waals surface area contributed by atoms with Crippen LogP contribution in [-0.4, -0.2) is 4.98 Å². The summed E-state index contributed by atoms with van der Waals surface area (Å²) in [6.45, 7) is 0. The first-order chi connectivity index (χ1) is 22.8. The fourth-order valence-electron chi connectivity index (χ4n) is 7.07. The van der Waals surface area contributed by atoms with Gasteiger partial charge in [-0.25, -0.2) is 0 Å². The molecule has 0 unspecified atom stereocenters. The fraction of sp³-hybridized carbons (Fsp3) is 0. The van der Waals surface area contributed by atoms with Crippen molar-refractivity contribution >= 4 is 43.1 Å². The Morgan fingerprint density at radius 2 is 0.674 bits per heavy atom. The van der Waals surface area contributed by atoms with Crippen LogP contribution in [0.25, 0.3) is 87.6 Å². The molecule has 46 heavy (non-hydrogen) atoms. The van der Waals surface area contributed by atoms with E-state index in [4.69, 9.17) is 0 Å². The van der Waals surface area contributed by atoms with E-state index in [0.717, 1.165) is 5.39 Å². The van der Waals surface area contributed by atoms with Crippen molar-refractivity contribution in [3.05, 3.63) is 176 Å². The largest absolute Gasteiger partial charge is 0.264 e. The maximum Gasteiger partial charge on any atom is 0.0353 e. The standard InChI is InChI=1S/C45H29N/c1-3-9-30(10-4-1)32-15-17-36-27-38(21-19-34(36)25-32)44-40-13-7-8-14-41(40)45(43-29-46-24-23-42(43)44)39-22-20-35-26-33(16-18-37(35)28-39)31-11-5-2-6-12-31/h1-29H. The highest BCUT2D eigenvalue weighted by Crippen LogP contribution is 2.44. The highest BCUT2D eigenvalue weighted by Gasteiger charge is 2.17. The monoisotopic (exact) mass is 583 g/mol. The number of hydrogen-bond acceptors (Lipinski definition) is 1. The summed E-state index contributed by atoms with van der Waals surface area (Å²) in [6.07, 6.45) is 3.96. The molecule has 9 aromatic rings. The number of pyridine rings is 1. The van der Waals surface area contributed by atoms with Gasteiger partial charge in [-0.1, -0.05) is 133 Å². The summed E-state index contributed by atoms with van der Waals surface area (Å²) in [4.78, 5) is 4.64. The van der Waals surface area contributed by atoms with Gasteiger partial charge in [0.05, 0.1) is 0 Å². The average molecular weight is 584 g/mol. The number of fused-ring (bicyclic) bond motifs is 4. The first-order valence-corrected chi connectivity index (χ1v) is 15.8. The Bertz CT molecular complexity index is 2330. The van der Waals surface area contributed by atoms with Crippen molar-refractivity contribution in [3.8, 4) is 44.5 Å². The van der Waals surface area contributed by atoms with Crippen LogP contribution in [-0.2, 0) is 0 Å². The zero-order valence-corrected chi connectivity index (χ0v) is 25.2. The van der Waals surface area contributed by atoms with Gasteiger partial charge in [0.25, 0.3) is 0 Å². The molecule has 0 N–H and O–H groups in total. The van der Waals surface area contributed by atoms with Gasteiger partial charge in [-0.3, -0.25) is 4.98 Å². The molecule has 0 saturated carbocycles. The summed E-state index contributed by atoms with van der Waals surface area (Å²) in [5.41, 5.74) is 9.83. The summed E-state index contributed by atoms with van der Waals surface area (Å²) in [7, 11) is 0. The molecular formula is C45H29N. The molecule has 0 amide bonds. The quantitative estimate of drug-likeness (QED) is 0.188. The number of hydrogen-bond donors (Lipinski definition) is 0. The molecule has 0 aliphatic carbocycles. The first kappa shape index (κ1) is 26.4. The number of benzene rings is 8. The van der Waals surface area contributed by atoms with Crippen LogP contribution in [0.15, 0.2) is 176 Å². The highest BCUT2D eigenvalue weighted by molar-refractivity contribution is 6.22. The van der Waals surface area contributed by atoms with Gasteiger partial charge in [-0.05, 0) is 113 Å². The van der Waals surface area contributed by atoms with Crippen LogP contribution in [0.3, 0.4) is 0 Å². The highest BCUT2D eigenvalue weighted by atomic mass is 14.6. The second-order valence-electron chi connectivity index (χ2n) is 12.0. The van der Waals surface area contributed by atoms with Gasteiger partial charge in [0.15, 0.2) is 0 Å². The van der Waals surface area contributed by atoms with Crippen LogP contribution in [0.2, 0.25) is 0 Å². The molecule has 0 saturated heterocycles. The van der Waals surface area contributed by atoms with Gasteiger partial charge in [0, 0.05) is 17.8 Å². The third-order valence-corrected chi connectivity index (χ3v) is 9.30. The molecule has 0 aliphatic rings. The van der Waals surface area contributed by atoms with Gasteiger partial charge < -0.3 is 0 Å². The van der Waals surface area contributed by atoms with Crippen LogP contribution in [0.5, 0.6) is 0 Å². The number of rotatable bonds is 4. The maximum absolute atomic E-state index is 4.64. The zero-order chi connectivity index (χ0) is 30.5. The second kappa shape index (κ2) is 10.8. The van der Waals surface area contributed by atoms with Crippen molar-refractivity contribution in [3.63, 3.8) is 0 Å². The van der Waals surface area contributed by atoms with Gasteiger partial charge >= 0.3 is 0 Å². The molecule has 0 bridgehead atoms. The Morgan fingerprint density at radius 3 is 1.17 bits per heavy atom. The van der Waals surface area contributed by atoms with Gasteiger partial charge in [-0.2, -0.15) is 0 Å². The van der Waals surface area contributed by atoms with Gasteiger partial charge in [-0.15, -0.1) is 0 Å². The third kappa shape index (κ3) is 4.45. The zero-order valence-electron chi connectivity index (χ0n) is 25.2. The van der Waals surface area contributed by atoms with E-state index < -0.39 is 0 Å². The number of nitrogens with zero attached hydrogens (tertiary/aromatic N) is 1. The van der Waals surface area contributed by atoms with E-state index in [-0.39, 0.29) is 0 Å². The Balaban J connectivity index is 1.22. The van der Waals surface area contributed by atoms with Crippen LogP contribution in [0.4, 0.5) is 0 Å². The maximum atomic E-state index is 4.64. The molecule has 0 radical (unpaired) electrons. The van der Waals surface area contributed by atoms with Crippen molar-refractivity contribution in [2.75, 3.05) is 0 Å². The minimum atomic E-state index is 1.16. The Hall–Kier alpha value is -6.05. The molecule has 8 aromatic carbocycles. The van der Waals surface area contributed by atoms with E-state index in [1.54, 1.807) is 0 Å². The Morgan fingerprint density at radius 1 is 0.283 bits per heavy atom. The summed E-state index contributed by atoms with van der Waals surface area (Å²) in [6, 6.07) is 59.5. The lowest BCUT2D eigenvalue weighted by Gasteiger charge is -2.18. The van der Waals surface area contributed by atoms with Gasteiger partial charge in [0.1, 0.15) is 0 Å². The fourth-order valence-corrected chi connectivity index (χ4v) is 7.07. The molecule has 1 heteroatoms. The normalized spacial score (nSPS) is 11.5. The summed E-state index contributed by atoms with van der Waals surface area (Å²) >= 11 is 0. The van der Waals surface area contributed by atoms with Crippen molar-refractivity contribution in [1.82, 2.24) is 4.98 Å². The summed E-state index contributed by atoms with van der Waals surface area (Å²) < 4.78 is 0. The van der Waals surface area contributed by atoms with Crippen molar-refractivity contribution < 1.29 is 0 Å². The minimum absolute atomic E-state index is 1.16. The van der Waals surface area contributed by atoms with E-state index >= 15 is 0 Å². The van der Waals surface area contributed by atoms with Crippen LogP contribution >= 0.6 is 0 Å². The van der Waals surface area contributed by atoms with Crippen molar-refractivity contribution in [1.29, 1.82) is 0 Å². The van der Waals surface area contributed by atoms with Crippen molar-refractivity contribution in [2.45, 2.75) is 0 Å². The van der Waals surface area contributed by atoms with Crippen LogP contribution in [0.1, 0.15) is 0 Å². The molecule has 1 heterocycles. The predicted octanol–water partition coefficient (Wildman–Crippen LogP) is 12.4. The third-order valence-electron chi connectivity index (χ3n) is 9.30. The van der Waals surface area contributed by atoms with Crippen LogP contribution in [0, 0.1) is 0 Å². The molecule has 1 nitrogen and oxygen atoms in total. The second-order valence-corrected chi connectivity index (χ2v) is 12.0. The molecule has 9 rings (SSSR count). The molecule has 214 valence electrons. The van der Waals surface area contributed by atoms with Crippen molar-refractivity contribution in [2.24, 2.45) is 0 Å². The molecule has 0 aliphatic heterocycles. The Kier molecular flexibility index (Phi) is 6.21. The lowest BCUT2D eigenvalue weighted by Crippen LogP contribution is -1.92. The minimum Gasteiger partial charge on any atom is -0.264 e. The van der Waals surface area contributed by atoms with Crippen LogP contribution < -0.4 is 0 Å². The number of aromatic nitrogens is 1.